The third-order valence-corrected chi connectivity index (χ3v) is 4.37. The Morgan fingerprint density at radius 1 is 1.43 bits per heavy atom. The quantitative estimate of drug-likeness (QED) is 0.419. The van der Waals surface area contributed by atoms with Gasteiger partial charge in [0.05, 0.1) is 18.1 Å². The molecule has 2 rings (SSSR count). The molecule has 1 heterocycles. The number of methoxy groups -OCH3 is 1. The van der Waals surface area contributed by atoms with Gasteiger partial charge in [0.15, 0.2) is 5.96 Å². The zero-order valence-corrected chi connectivity index (χ0v) is 16.4. The highest BCUT2D eigenvalue weighted by Gasteiger charge is 2.16. The number of ether oxygens (including phenoxy) is 1. The van der Waals surface area contributed by atoms with Gasteiger partial charge in [-0.1, -0.05) is 13.0 Å². The van der Waals surface area contributed by atoms with Crippen molar-refractivity contribution in [2.75, 3.05) is 20.2 Å². The van der Waals surface area contributed by atoms with Crippen molar-refractivity contribution in [2.24, 2.45) is 16.6 Å². The van der Waals surface area contributed by atoms with Gasteiger partial charge in [-0.05, 0) is 52.4 Å². The van der Waals surface area contributed by atoms with Crippen LogP contribution >= 0.6 is 39.9 Å². The summed E-state index contributed by atoms with van der Waals surface area (Å²) in [4.78, 5) is 6.68. The van der Waals surface area contributed by atoms with Crippen LogP contribution in [0.1, 0.15) is 25.3 Å². The zero-order chi connectivity index (χ0) is 14.5. The molecule has 0 amide bonds. The number of hydrogen-bond donors (Lipinski definition) is 1. The van der Waals surface area contributed by atoms with Crippen LogP contribution in [0.25, 0.3) is 0 Å². The maximum Gasteiger partial charge on any atom is 0.191 e. The van der Waals surface area contributed by atoms with Gasteiger partial charge in [0.25, 0.3) is 0 Å². The molecule has 0 aliphatic carbocycles. The SMILES string of the molecule is COc1ccc(CN=C(N)N2CCC(C)CC2)cc1Br.I. The molecule has 0 bridgehead atoms. The molecule has 0 saturated carbocycles. The monoisotopic (exact) mass is 467 g/mol. The Bertz CT molecular complexity index is 488. The Kier molecular flexibility index (Phi) is 7.79. The van der Waals surface area contributed by atoms with Crippen LogP contribution in [0.5, 0.6) is 5.75 Å². The van der Waals surface area contributed by atoms with E-state index in [1.165, 1.54) is 12.8 Å². The number of nitrogens with two attached hydrogens (primary N) is 1. The fraction of sp³-hybridized carbons (Fsp3) is 0.533. The number of hydrogen-bond acceptors (Lipinski definition) is 2. The average Bonchev–Trinajstić information content (AvgIpc) is 2.45. The first-order valence-corrected chi connectivity index (χ1v) is 7.76. The summed E-state index contributed by atoms with van der Waals surface area (Å²) >= 11 is 3.48. The van der Waals surface area contributed by atoms with Crippen LogP contribution in [0.2, 0.25) is 0 Å². The first kappa shape index (κ1) is 18.5. The number of rotatable bonds is 3. The summed E-state index contributed by atoms with van der Waals surface area (Å²) in [6, 6.07) is 5.97. The third kappa shape index (κ3) is 5.32. The van der Waals surface area contributed by atoms with Gasteiger partial charge in [-0.2, -0.15) is 0 Å². The van der Waals surface area contributed by atoms with Crippen molar-refractivity contribution in [2.45, 2.75) is 26.3 Å². The molecule has 4 nitrogen and oxygen atoms in total. The van der Waals surface area contributed by atoms with E-state index < -0.39 is 0 Å². The Labute approximate surface area is 152 Å². The molecule has 0 aromatic heterocycles. The summed E-state index contributed by atoms with van der Waals surface area (Å²) in [5, 5.41) is 0. The smallest absolute Gasteiger partial charge is 0.191 e. The van der Waals surface area contributed by atoms with Crippen LogP contribution in [0.3, 0.4) is 0 Å². The Hall–Kier alpha value is -0.500. The summed E-state index contributed by atoms with van der Waals surface area (Å²) in [5.41, 5.74) is 7.19. The van der Waals surface area contributed by atoms with Crippen LogP contribution < -0.4 is 10.5 Å². The maximum atomic E-state index is 6.08. The molecule has 0 spiro atoms. The van der Waals surface area contributed by atoms with Crippen LogP contribution in [0.15, 0.2) is 27.7 Å². The predicted octanol–water partition coefficient (Wildman–Crippen LogP) is 3.62. The first-order valence-electron chi connectivity index (χ1n) is 6.97. The molecule has 1 aromatic carbocycles. The number of piperidine rings is 1. The van der Waals surface area contributed by atoms with E-state index in [1.807, 2.05) is 18.2 Å². The molecule has 1 aliphatic rings. The minimum Gasteiger partial charge on any atom is -0.496 e. The van der Waals surface area contributed by atoms with Gasteiger partial charge < -0.3 is 15.4 Å². The third-order valence-electron chi connectivity index (χ3n) is 3.75. The molecular formula is C15H23BrIN3O. The molecule has 0 radical (unpaired) electrons. The lowest BCUT2D eigenvalue weighted by atomic mass is 10.00. The summed E-state index contributed by atoms with van der Waals surface area (Å²) < 4.78 is 6.16. The molecule has 0 unspecified atom stereocenters. The molecule has 1 fully saturated rings. The summed E-state index contributed by atoms with van der Waals surface area (Å²) in [6.07, 6.45) is 2.40. The highest BCUT2D eigenvalue weighted by molar-refractivity contribution is 14.0. The van der Waals surface area contributed by atoms with Gasteiger partial charge in [-0.15, -0.1) is 24.0 Å². The number of halogens is 2. The lowest BCUT2D eigenvalue weighted by molar-refractivity contribution is 0.277. The van der Waals surface area contributed by atoms with E-state index in [9.17, 15) is 0 Å². The van der Waals surface area contributed by atoms with Crippen molar-refractivity contribution in [3.8, 4) is 5.75 Å². The highest BCUT2D eigenvalue weighted by atomic mass is 127. The van der Waals surface area contributed by atoms with Gasteiger partial charge in [-0.3, -0.25) is 0 Å². The van der Waals surface area contributed by atoms with Gasteiger partial charge in [-0.25, -0.2) is 4.99 Å². The normalized spacial score (nSPS) is 16.5. The standard InChI is InChI=1S/C15H22BrN3O.HI/c1-11-5-7-19(8-6-11)15(17)18-10-12-3-4-14(20-2)13(16)9-12;/h3-4,9,11H,5-8,10H2,1-2H3,(H2,17,18);1H. The Balaban J connectivity index is 0.00000220. The molecule has 21 heavy (non-hydrogen) atoms. The van der Waals surface area contributed by atoms with E-state index in [0.717, 1.165) is 34.8 Å². The summed E-state index contributed by atoms with van der Waals surface area (Å²) in [6.45, 7) is 4.92. The van der Waals surface area contributed by atoms with Crippen molar-refractivity contribution < 1.29 is 4.74 Å². The minimum atomic E-state index is 0. The van der Waals surface area contributed by atoms with Crippen molar-refractivity contribution in [3.05, 3.63) is 28.2 Å². The number of nitrogens with zero attached hydrogens (tertiary/aromatic N) is 2. The lowest BCUT2D eigenvalue weighted by Crippen LogP contribution is -2.42. The van der Waals surface area contributed by atoms with Crippen LogP contribution in [-0.2, 0) is 6.54 Å². The first-order chi connectivity index (χ1) is 9.60. The fourth-order valence-corrected chi connectivity index (χ4v) is 2.91. The number of likely N-dealkylation sites (tertiary alicyclic amines) is 1. The minimum absolute atomic E-state index is 0. The number of benzene rings is 1. The Morgan fingerprint density at radius 3 is 2.67 bits per heavy atom. The van der Waals surface area contributed by atoms with E-state index >= 15 is 0 Å². The van der Waals surface area contributed by atoms with Crippen LogP contribution in [0.4, 0.5) is 0 Å². The van der Waals surface area contributed by atoms with E-state index in [0.29, 0.717) is 12.5 Å². The second-order valence-corrected chi connectivity index (χ2v) is 6.17. The molecule has 118 valence electrons. The molecule has 2 N–H and O–H groups in total. The van der Waals surface area contributed by atoms with Gasteiger partial charge in [0, 0.05) is 13.1 Å². The molecule has 1 saturated heterocycles. The summed E-state index contributed by atoms with van der Waals surface area (Å²) in [5.74, 6) is 2.29. The predicted molar refractivity (Wildman–Crippen MR) is 101 cm³/mol. The van der Waals surface area contributed by atoms with Crippen LogP contribution in [-0.4, -0.2) is 31.1 Å². The second kappa shape index (κ2) is 8.82. The Morgan fingerprint density at radius 2 is 2.10 bits per heavy atom. The zero-order valence-electron chi connectivity index (χ0n) is 12.5. The largest absolute Gasteiger partial charge is 0.496 e. The maximum absolute atomic E-state index is 6.08. The van der Waals surface area contributed by atoms with Crippen molar-refractivity contribution >= 4 is 45.9 Å². The number of aliphatic imine (C=N–C) groups is 1. The van der Waals surface area contributed by atoms with Gasteiger partial charge in [0.2, 0.25) is 0 Å². The summed E-state index contributed by atoms with van der Waals surface area (Å²) in [7, 11) is 1.66. The van der Waals surface area contributed by atoms with Crippen molar-refractivity contribution in [3.63, 3.8) is 0 Å². The highest BCUT2D eigenvalue weighted by Crippen LogP contribution is 2.25. The molecule has 1 aliphatic heterocycles. The molecule has 6 heteroatoms. The molecular weight excluding hydrogens is 445 g/mol. The average molecular weight is 468 g/mol. The molecule has 1 aromatic rings. The van der Waals surface area contributed by atoms with Gasteiger partial charge in [0.1, 0.15) is 5.75 Å². The van der Waals surface area contributed by atoms with Crippen molar-refractivity contribution in [1.29, 1.82) is 0 Å². The lowest BCUT2D eigenvalue weighted by Gasteiger charge is -2.31. The molecule has 0 atom stereocenters. The van der Waals surface area contributed by atoms with Gasteiger partial charge >= 0.3 is 0 Å². The van der Waals surface area contributed by atoms with E-state index in [2.05, 4.69) is 32.7 Å². The fourth-order valence-electron chi connectivity index (χ4n) is 2.32. The van der Waals surface area contributed by atoms with Crippen molar-refractivity contribution in [1.82, 2.24) is 4.90 Å². The number of guanidine groups is 1. The van der Waals surface area contributed by atoms with E-state index in [4.69, 9.17) is 10.5 Å². The van der Waals surface area contributed by atoms with E-state index in [1.54, 1.807) is 7.11 Å². The topological polar surface area (TPSA) is 50.9 Å². The van der Waals surface area contributed by atoms with E-state index in [-0.39, 0.29) is 24.0 Å². The second-order valence-electron chi connectivity index (χ2n) is 5.31. The van der Waals surface area contributed by atoms with Crippen LogP contribution in [0, 0.1) is 5.92 Å².